The predicted octanol–water partition coefficient (Wildman–Crippen LogP) is 1.63. The van der Waals surface area contributed by atoms with E-state index in [4.69, 9.17) is 9.47 Å². The lowest BCUT2D eigenvalue weighted by Crippen LogP contribution is -2.39. The maximum absolute atomic E-state index is 5.89. The van der Waals surface area contributed by atoms with Crippen LogP contribution >= 0.6 is 0 Å². The zero-order valence-corrected chi connectivity index (χ0v) is 10.3. The average Bonchev–Trinajstić information content (AvgIpc) is 2.81. The molecule has 3 heterocycles. The molecule has 0 saturated carbocycles. The van der Waals surface area contributed by atoms with Crippen LogP contribution in [0.15, 0.2) is 12.3 Å². The third kappa shape index (κ3) is 1.67. The van der Waals surface area contributed by atoms with Crippen molar-refractivity contribution in [1.82, 2.24) is 4.98 Å². The fraction of sp³-hybridized carbons (Fsp3) is 0.615. The van der Waals surface area contributed by atoms with E-state index in [1.807, 2.05) is 12.3 Å². The number of aryl methyl sites for hydroxylation is 1. The predicted molar refractivity (Wildman–Crippen MR) is 65.7 cm³/mol. The number of ether oxygens (including phenoxy) is 2. The second-order valence-electron chi connectivity index (χ2n) is 4.69. The number of hydrogen-bond donors (Lipinski definition) is 0. The summed E-state index contributed by atoms with van der Waals surface area (Å²) in [6, 6.07) is 2.47. The molecule has 0 N–H and O–H groups in total. The molecular formula is C13H18N2O2. The molecule has 1 aromatic heterocycles. The van der Waals surface area contributed by atoms with E-state index < -0.39 is 0 Å². The molecular weight excluding hydrogens is 216 g/mol. The first-order valence-corrected chi connectivity index (χ1v) is 6.23. The van der Waals surface area contributed by atoms with Crippen LogP contribution in [0.1, 0.15) is 18.9 Å². The van der Waals surface area contributed by atoms with Gasteiger partial charge in [-0.3, -0.25) is 0 Å². The molecule has 0 bridgehead atoms. The van der Waals surface area contributed by atoms with Crippen LogP contribution < -0.4 is 9.64 Å². The zero-order chi connectivity index (χ0) is 11.8. The minimum Gasteiger partial charge on any atom is -0.487 e. The Morgan fingerprint density at radius 2 is 2.47 bits per heavy atom. The van der Waals surface area contributed by atoms with Crippen LogP contribution in [0, 0.1) is 0 Å². The van der Waals surface area contributed by atoms with Gasteiger partial charge in [0.2, 0.25) is 0 Å². The number of pyridine rings is 1. The van der Waals surface area contributed by atoms with Gasteiger partial charge in [-0.15, -0.1) is 0 Å². The lowest BCUT2D eigenvalue weighted by molar-refractivity contribution is 0.116. The fourth-order valence-electron chi connectivity index (χ4n) is 2.76. The first kappa shape index (κ1) is 10.8. The Kier molecular flexibility index (Phi) is 2.67. The van der Waals surface area contributed by atoms with Crippen LogP contribution in [0.2, 0.25) is 0 Å². The monoisotopic (exact) mass is 234 g/mol. The van der Waals surface area contributed by atoms with Crippen molar-refractivity contribution < 1.29 is 9.47 Å². The lowest BCUT2D eigenvalue weighted by atomic mass is 10.1. The summed E-state index contributed by atoms with van der Waals surface area (Å²) >= 11 is 0. The third-order valence-electron chi connectivity index (χ3n) is 3.75. The summed E-state index contributed by atoms with van der Waals surface area (Å²) in [5.74, 6) is 1.98. The van der Waals surface area contributed by atoms with Crippen molar-refractivity contribution in [2.75, 3.05) is 25.2 Å². The van der Waals surface area contributed by atoms with Crippen LogP contribution in [-0.4, -0.2) is 37.4 Å². The normalized spacial score (nSPS) is 26.4. The molecule has 3 rings (SSSR count). The molecule has 0 radical (unpaired) electrons. The summed E-state index contributed by atoms with van der Waals surface area (Å²) in [4.78, 5) is 6.82. The molecule has 92 valence electrons. The fourth-order valence-corrected chi connectivity index (χ4v) is 2.76. The highest BCUT2D eigenvalue weighted by Crippen LogP contribution is 2.39. The lowest BCUT2D eigenvalue weighted by Gasteiger charge is -2.32. The summed E-state index contributed by atoms with van der Waals surface area (Å²) in [6.45, 7) is 3.83. The number of anilines is 1. The highest BCUT2D eigenvalue weighted by Gasteiger charge is 2.38. The van der Waals surface area contributed by atoms with E-state index in [-0.39, 0.29) is 0 Å². The van der Waals surface area contributed by atoms with Gasteiger partial charge in [-0.25, -0.2) is 4.98 Å². The number of hydrogen-bond acceptors (Lipinski definition) is 4. The maximum atomic E-state index is 5.89. The smallest absolute Gasteiger partial charge is 0.172 e. The van der Waals surface area contributed by atoms with E-state index >= 15 is 0 Å². The van der Waals surface area contributed by atoms with E-state index in [1.165, 1.54) is 5.56 Å². The van der Waals surface area contributed by atoms with Crippen LogP contribution in [0.4, 0.5) is 5.82 Å². The molecule has 1 saturated heterocycles. The number of fused-ring (bicyclic) bond motifs is 3. The number of methoxy groups -OCH3 is 1. The van der Waals surface area contributed by atoms with Gasteiger partial charge in [0, 0.05) is 19.9 Å². The van der Waals surface area contributed by atoms with Crippen molar-refractivity contribution in [2.45, 2.75) is 31.9 Å². The van der Waals surface area contributed by atoms with Crippen LogP contribution in [-0.2, 0) is 11.2 Å². The van der Waals surface area contributed by atoms with E-state index in [9.17, 15) is 0 Å². The van der Waals surface area contributed by atoms with Crippen molar-refractivity contribution in [2.24, 2.45) is 0 Å². The highest BCUT2D eigenvalue weighted by atomic mass is 16.5. The van der Waals surface area contributed by atoms with Crippen LogP contribution in [0.5, 0.6) is 5.75 Å². The molecule has 0 amide bonds. The molecule has 4 nitrogen and oxygen atoms in total. The average molecular weight is 234 g/mol. The second kappa shape index (κ2) is 4.18. The first-order valence-electron chi connectivity index (χ1n) is 6.23. The Hall–Kier alpha value is -1.29. The number of nitrogens with zero attached hydrogens (tertiary/aromatic N) is 2. The van der Waals surface area contributed by atoms with Crippen molar-refractivity contribution in [3.05, 3.63) is 17.8 Å². The molecule has 0 spiro atoms. The highest BCUT2D eigenvalue weighted by molar-refractivity contribution is 5.59. The third-order valence-corrected chi connectivity index (χ3v) is 3.75. The standard InChI is InChI=1S/C13H18N2O2/c1-3-9-4-5-14-13-12(9)17-8-10-6-11(16-2)7-15(10)13/h4-5,10-11H,3,6-8H2,1-2H3/t10-,11-/m1/s1. The van der Waals surface area contributed by atoms with E-state index in [2.05, 4.69) is 16.8 Å². The van der Waals surface area contributed by atoms with Gasteiger partial charge in [0.05, 0.1) is 12.1 Å². The summed E-state index contributed by atoms with van der Waals surface area (Å²) in [5.41, 5.74) is 1.24. The van der Waals surface area contributed by atoms with E-state index in [0.29, 0.717) is 12.1 Å². The van der Waals surface area contributed by atoms with Gasteiger partial charge >= 0.3 is 0 Å². The second-order valence-corrected chi connectivity index (χ2v) is 4.69. The molecule has 1 aromatic rings. The Morgan fingerprint density at radius 1 is 1.59 bits per heavy atom. The number of rotatable bonds is 2. The van der Waals surface area contributed by atoms with Gasteiger partial charge in [0.25, 0.3) is 0 Å². The molecule has 2 aliphatic rings. The molecule has 0 aliphatic carbocycles. The van der Waals surface area contributed by atoms with Crippen molar-refractivity contribution in [3.63, 3.8) is 0 Å². The van der Waals surface area contributed by atoms with Gasteiger partial charge < -0.3 is 14.4 Å². The van der Waals surface area contributed by atoms with Gasteiger partial charge in [0.15, 0.2) is 11.6 Å². The summed E-state index contributed by atoms with van der Waals surface area (Å²) in [6.07, 6.45) is 4.20. The van der Waals surface area contributed by atoms with Crippen molar-refractivity contribution in [3.8, 4) is 5.75 Å². The Labute approximate surface area is 102 Å². The largest absolute Gasteiger partial charge is 0.487 e. The maximum Gasteiger partial charge on any atom is 0.172 e. The quantitative estimate of drug-likeness (QED) is 0.779. The van der Waals surface area contributed by atoms with Crippen LogP contribution in [0.25, 0.3) is 0 Å². The molecule has 0 aromatic carbocycles. The Bertz CT molecular complexity index is 422. The van der Waals surface area contributed by atoms with E-state index in [0.717, 1.165) is 37.6 Å². The first-order chi connectivity index (χ1) is 8.33. The Morgan fingerprint density at radius 3 is 3.24 bits per heavy atom. The summed E-state index contributed by atoms with van der Waals surface area (Å²) in [7, 11) is 1.78. The zero-order valence-electron chi connectivity index (χ0n) is 10.3. The van der Waals surface area contributed by atoms with Crippen molar-refractivity contribution in [1.29, 1.82) is 0 Å². The molecule has 2 atom stereocenters. The molecule has 0 unspecified atom stereocenters. The molecule has 4 heteroatoms. The molecule has 2 aliphatic heterocycles. The number of aromatic nitrogens is 1. The SMILES string of the molecule is CCc1ccnc2c1OC[C@H]1C[C@@H](OC)CN21. The summed E-state index contributed by atoms with van der Waals surface area (Å²) < 4.78 is 11.3. The van der Waals surface area contributed by atoms with Crippen LogP contribution in [0.3, 0.4) is 0 Å². The molecule has 1 fully saturated rings. The minimum absolute atomic E-state index is 0.307. The summed E-state index contributed by atoms with van der Waals surface area (Å²) in [5, 5.41) is 0. The van der Waals surface area contributed by atoms with Crippen molar-refractivity contribution >= 4 is 5.82 Å². The van der Waals surface area contributed by atoms with Gasteiger partial charge in [-0.1, -0.05) is 6.92 Å². The van der Waals surface area contributed by atoms with Gasteiger partial charge in [0.1, 0.15) is 6.61 Å². The van der Waals surface area contributed by atoms with Gasteiger partial charge in [-0.05, 0) is 24.5 Å². The minimum atomic E-state index is 0.307. The Balaban J connectivity index is 1.97. The molecule has 17 heavy (non-hydrogen) atoms. The van der Waals surface area contributed by atoms with Gasteiger partial charge in [-0.2, -0.15) is 0 Å². The van der Waals surface area contributed by atoms with E-state index in [1.54, 1.807) is 7.11 Å². The topological polar surface area (TPSA) is 34.6 Å².